The third-order valence-electron chi connectivity index (χ3n) is 7.57. The minimum atomic E-state index is 0.675. The molecular formula is C28H38. The average Bonchev–Trinajstić information content (AvgIpc) is 2.79. The number of rotatable bonds is 7. The van der Waals surface area contributed by atoms with Crippen molar-refractivity contribution < 1.29 is 0 Å². The highest BCUT2D eigenvalue weighted by Crippen LogP contribution is 2.45. The van der Waals surface area contributed by atoms with E-state index in [1.807, 2.05) is 0 Å². The smallest absolute Gasteiger partial charge is 0.00904 e. The lowest BCUT2D eigenvalue weighted by molar-refractivity contribution is 0.264. The molecule has 2 aromatic rings. The summed E-state index contributed by atoms with van der Waals surface area (Å²) < 4.78 is 0. The van der Waals surface area contributed by atoms with Crippen molar-refractivity contribution in [2.24, 2.45) is 11.8 Å². The van der Waals surface area contributed by atoms with Gasteiger partial charge in [-0.05, 0) is 47.6 Å². The molecule has 0 bridgehead atoms. The van der Waals surface area contributed by atoms with Crippen molar-refractivity contribution in [2.45, 2.75) is 88.9 Å². The van der Waals surface area contributed by atoms with Crippen molar-refractivity contribution in [1.29, 1.82) is 0 Å². The second-order valence-corrected chi connectivity index (χ2v) is 9.51. The number of hydrogen-bond acceptors (Lipinski definition) is 0. The van der Waals surface area contributed by atoms with Crippen molar-refractivity contribution >= 4 is 0 Å². The van der Waals surface area contributed by atoms with E-state index in [-0.39, 0.29) is 0 Å². The van der Waals surface area contributed by atoms with E-state index in [0.717, 1.165) is 11.8 Å². The predicted molar refractivity (Wildman–Crippen MR) is 121 cm³/mol. The summed E-state index contributed by atoms with van der Waals surface area (Å²) in [6, 6.07) is 23.0. The summed E-state index contributed by atoms with van der Waals surface area (Å²) in [5.41, 5.74) is 3.16. The van der Waals surface area contributed by atoms with E-state index >= 15 is 0 Å². The molecular weight excluding hydrogens is 336 g/mol. The molecule has 0 heterocycles. The highest BCUT2D eigenvalue weighted by Gasteiger charge is 2.30. The summed E-state index contributed by atoms with van der Waals surface area (Å²) in [5, 5.41) is 0. The van der Waals surface area contributed by atoms with E-state index in [1.54, 1.807) is 11.1 Å². The van der Waals surface area contributed by atoms with E-state index in [9.17, 15) is 0 Å². The summed E-state index contributed by atoms with van der Waals surface area (Å²) >= 11 is 0. The second kappa shape index (κ2) is 10.3. The molecule has 150 valence electrons. The van der Waals surface area contributed by atoms with Crippen molar-refractivity contribution in [2.75, 3.05) is 0 Å². The summed E-state index contributed by atoms with van der Waals surface area (Å²) in [5.74, 6) is 3.20. The van der Waals surface area contributed by atoms with Crippen LogP contribution in [-0.4, -0.2) is 0 Å². The first-order chi connectivity index (χ1) is 13.9. The third-order valence-corrected chi connectivity index (χ3v) is 7.57. The van der Waals surface area contributed by atoms with Crippen LogP contribution in [0.1, 0.15) is 100 Å². The molecule has 0 spiro atoms. The van der Waals surface area contributed by atoms with Crippen LogP contribution in [0.5, 0.6) is 0 Å². The molecule has 2 aromatic carbocycles. The Bertz CT molecular complexity index is 600. The summed E-state index contributed by atoms with van der Waals surface area (Å²) in [6.07, 6.45) is 17.3. The third kappa shape index (κ3) is 5.28. The summed E-state index contributed by atoms with van der Waals surface area (Å²) in [6.45, 7) is 0. The zero-order valence-corrected chi connectivity index (χ0v) is 17.6. The van der Waals surface area contributed by atoms with Crippen LogP contribution in [0.25, 0.3) is 0 Å². The molecule has 0 nitrogen and oxygen atoms in total. The van der Waals surface area contributed by atoms with Crippen molar-refractivity contribution in [3.63, 3.8) is 0 Å². The van der Waals surface area contributed by atoms with Crippen LogP contribution in [-0.2, 0) is 0 Å². The van der Waals surface area contributed by atoms with E-state index in [4.69, 9.17) is 0 Å². The minimum absolute atomic E-state index is 0.675. The maximum absolute atomic E-state index is 2.41. The maximum Gasteiger partial charge on any atom is -0.00904 e. The van der Waals surface area contributed by atoms with E-state index in [2.05, 4.69) is 60.7 Å². The fourth-order valence-corrected chi connectivity index (χ4v) is 6.03. The first-order valence-corrected chi connectivity index (χ1v) is 12.0. The van der Waals surface area contributed by atoms with E-state index in [0.29, 0.717) is 11.8 Å². The Kier molecular flexibility index (Phi) is 7.25. The molecule has 4 rings (SSSR count). The lowest BCUT2D eigenvalue weighted by Gasteiger charge is -2.35. The Morgan fingerprint density at radius 1 is 0.500 bits per heavy atom. The highest BCUT2D eigenvalue weighted by atomic mass is 14.3. The van der Waals surface area contributed by atoms with Gasteiger partial charge in [-0.25, -0.2) is 0 Å². The van der Waals surface area contributed by atoms with Crippen LogP contribution in [0.15, 0.2) is 60.7 Å². The molecule has 2 fully saturated rings. The summed E-state index contributed by atoms with van der Waals surface area (Å²) in [4.78, 5) is 0. The molecule has 0 aliphatic heterocycles. The molecule has 2 unspecified atom stereocenters. The van der Waals surface area contributed by atoms with Crippen LogP contribution in [0, 0.1) is 11.8 Å². The van der Waals surface area contributed by atoms with E-state index < -0.39 is 0 Å². The molecule has 0 heteroatoms. The Hall–Kier alpha value is -1.56. The molecule has 0 N–H and O–H groups in total. The lowest BCUT2D eigenvalue weighted by atomic mass is 9.69. The summed E-state index contributed by atoms with van der Waals surface area (Å²) in [7, 11) is 0. The Morgan fingerprint density at radius 2 is 0.857 bits per heavy atom. The Balaban J connectivity index is 1.62. The van der Waals surface area contributed by atoms with Crippen LogP contribution in [0.4, 0.5) is 0 Å². The predicted octanol–water partition coefficient (Wildman–Crippen LogP) is 8.49. The zero-order chi connectivity index (χ0) is 19.0. The fraction of sp³-hybridized carbons (Fsp3) is 0.571. The van der Waals surface area contributed by atoms with Gasteiger partial charge < -0.3 is 0 Å². The molecule has 2 saturated carbocycles. The standard InChI is InChI=1S/C28H38/c1-5-13-23(14-6-1)21-27(25-17-9-3-10-18-25)28(26-19-11-4-12-20-26)22-24-15-7-2-8-16-24/h3-4,9-12,17-20,23-24,27-28H,1-2,5-8,13-16,21-22H2. The van der Waals surface area contributed by atoms with Crippen molar-refractivity contribution in [3.05, 3.63) is 71.8 Å². The number of hydrogen-bond donors (Lipinski definition) is 0. The monoisotopic (exact) mass is 374 g/mol. The molecule has 28 heavy (non-hydrogen) atoms. The van der Waals surface area contributed by atoms with Gasteiger partial charge in [0.15, 0.2) is 0 Å². The molecule has 2 aliphatic carbocycles. The van der Waals surface area contributed by atoms with Crippen molar-refractivity contribution in [3.8, 4) is 0 Å². The van der Waals surface area contributed by atoms with Gasteiger partial charge in [-0.1, -0.05) is 125 Å². The van der Waals surface area contributed by atoms with Gasteiger partial charge in [0.1, 0.15) is 0 Å². The molecule has 0 aromatic heterocycles. The van der Waals surface area contributed by atoms with Crippen LogP contribution >= 0.6 is 0 Å². The fourth-order valence-electron chi connectivity index (χ4n) is 6.03. The molecule has 0 amide bonds. The SMILES string of the molecule is c1ccc(C(CC2CCCCC2)C(CC2CCCCC2)c2ccccc2)cc1. The van der Waals surface area contributed by atoms with Crippen LogP contribution in [0.2, 0.25) is 0 Å². The molecule has 0 radical (unpaired) electrons. The molecule has 0 saturated heterocycles. The normalized spacial score (nSPS) is 21.3. The van der Waals surface area contributed by atoms with Gasteiger partial charge in [0.05, 0.1) is 0 Å². The number of benzene rings is 2. The molecule has 2 aliphatic rings. The van der Waals surface area contributed by atoms with Gasteiger partial charge in [-0.15, -0.1) is 0 Å². The topological polar surface area (TPSA) is 0 Å². The van der Waals surface area contributed by atoms with Gasteiger partial charge in [0.2, 0.25) is 0 Å². The van der Waals surface area contributed by atoms with E-state index in [1.165, 1.54) is 77.0 Å². The first kappa shape index (κ1) is 19.7. The zero-order valence-electron chi connectivity index (χ0n) is 17.6. The largest absolute Gasteiger partial charge is 0.0622 e. The Morgan fingerprint density at radius 3 is 1.21 bits per heavy atom. The van der Waals surface area contributed by atoms with Gasteiger partial charge in [0.25, 0.3) is 0 Å². The van der Waals surface area contributed by atoms with Gasteiger partial charge >= 0.3 is 0 Å². The Labute approximate surface area is 172 Å². The molecule has 2 atom stereocenters. The average molecular weight is 375 g/mol. The first-order valence-electron chi connectivity index (χ1n) is 12.0. The van der Waals surface area contributed by atoms with Gasteiger partial charge in [-0.2, -0.15) is 0 Å². The van der Waals surface area contributed by atoms with Crippen LogP contribution in [0.3, 0.4) is 0 Å². The maximum atomic E-state index is 2.41. The van der Waals surface area contributed by atoms with Crippen LogP contribution < -0.4 is 0 Å². The second-order valence-electron chi connectivity index (χ2n) is 9.51. The van der Waals surface area contributed by atoms with Gasteiger partial charge in [0, 0.05) is 0 Å². The van der Waals surface area contributed by atoms with Gasteiger partial charge in [-0.3, -0.25) is 0 Å². The quantitative estimate of drug-likeness (QED) is 0.455. The minimum Gasteiger partial charge on any atom is -0.0622 e. The van der Waals surface area contributed by atoms with Crippen molar-refractivity contribution in [1.82, 2.24) is 0 Å². The lowest BCUT2D eigenvalue weighted by Crippen LogP contribution is -2.21. The highest BCUT2D eigenvalue weighted by molar-refractivity contribution is 5.29.